The molecule has 2 aliphatic rings. The fraction of sp³-hybridized carbons (Fsp3) is 0.500. The monoisotopic (exact) mass is 224 g/mol. The summed E-state index contributed by atoms with van der Waals surface area (Å²) in [6, 6.07) is 0.320. The van der Waals surface area contributed by atoms with Crippen molar-refractivity contribution in [2.75, 3.05) is 6.54 Å². The number of fused-ring (bicyclic) bond motifs is 1. The molecule has 0 aliphatic carbocycles. The van der Waals surface area contributed by atoms with Crippen LogP contribution in [0.5, 0.6) is 5.75 Å². The molecule has 0 radical (unpaired) electrons. The lowest BCUT2D eigenvalue weighted by Gasteiger charge is -2.29. The highest BCUT2D eigenvalue weighted by Gasteiger charge is 2.31. The van der Waals surface area contributed by atoms with E-state index < -0.39 is 0 Å². The SMILES string of the molecule is O=C1CCC(N2Cc3cscc3O2)CN1. The fourth-order valence-corrected chi connectivity index (χ4v) is 2.74. The first-order chi connectivity index (χ1) is 7.33. The Morgan fingerprint density at radius 3 is 3.20 bits per heavy atom. The van der Waals surface area contributed by atoms with E-state index in [1.165, 1.54) is 5.56 Å². The van der Waals surface area contributed by atoms with Gasteiger partial charge in [0.2, 0.25) is 5.91 Å². The lowest BCUT2D eigenvalue weighted by molar-refractivity contribution is -0.128. The van der Waals surface area contributed by atoms with Gasteiger partial charge in [0.25, 0.3) is 0 Å². The van der Waals surface area contributed by atoms with Crippen molar-refractivity contribution in [3.05, 3.63) is 16.3 Å². The van der Waals surface area contributed by atoms with Crippen molar-refractivity contribution in [2.24, 2.45) is 0 Å². The van der Waals surface area contributed by atoms with Gasteiger partial charge in [-0.05, 0) is 11.8 Å². The third kappa shape index (κ3) is 1.61. The van der Waals surface area contributed by atoms with E-state index in [0.29, 0.717) is 19.0 Å². The largest absolute Gasteiger partial charge is 0.404 e. The first-order valence-electron chi connectivity index (χ1n) is 5.09. The molecule has 1 fully saturated rings. The van der Waals surface area contributed by atoms with Crippen molar-refractivity contribution in [1.82, 2.24) is 10.4 Å². The van der Waals surface area contributed by atoms with Gasteiger partial charge in [0.15, 0.2) is 5.75 Å². The molecule has 0 aromatic carbocycles. The molecule has 0 bridgehead atoms. The van der Waals surface area contributed by atoms with Gasteiger partial charge >= 0.3 is 0 Å². The molecule has 3 heterocycles. The highest BCUT2D eigenvalue weighted by Crippen LogP contribution is 2.33. The summed E-state index contributed by atoms with van der Waals surface area (Å²) in [7, 11) is 0. The van der Waals surface area contributed by atoms with Crippen LogP contribution >= 0.6 is 11.3 Å². The van der Waals surface area contributed by atoms with Crippen molar-refractivity contribution in [1.29, 1.82) is 0 Å². The molecule has 2 aliphatic heterocycles. The zero-order valence-corrected chi connectivity index (χ0v) is 9.05. The molecule has 1 saturated heterocycles. The molecule has 4 nitrogen and oxygen atoms in total. The molecule has 1 aromatic heterocycles. The van der Waals surface area contributed by atoms with Gasteiger partial charge in [-0.25, -0.2) is 0 Å². The van der Waals surface area contributed by atoms with Gasteiger partial charge < -0.3 is 10.2 Å². The molecule has 1 amide bonds. The fourth-order valence-electron chi connectivity index (χ4n) is 2.00. The predicted octanol–water partition coefficient (Wildman–Crippen LogP) is 1.14. The Kier molecular flexibility index (Phi) is 2.14. The molecular weight excluding hydrogens is 212 g/mol. The van der Waals surface area contributed by atoms with E-state index in [0.717, 1.165) is 18.7 Å². The summed E-state index contributed by atoms with van der Waals surface area (Å²) in [5.41, 5.74) is 1.26. The smallest absolute Gasteiger partial charge is 0.220 e. The van der Waals surface area contributed by atoms with Gasteiger partial charge in [-0.1, -0.05) is 0 Å². The number of amides is 1. The van der Waals surface area contributed by atoms with Gasteiger partial charge in [0.1, 0.15) is 0 Å². The van der Waals surface area contributed by atoms with Gasteiger partial charge in [0, 0.05) is 23.9 Å². The molecule has 1 atom stereocenters. The number of hydrogen-bond acceptors (Lipinski definition) is 4. The molecule has 1 unspecified atom stereocenters. The Labute approximate surface area is 91.8 Å². The Morgan fingerprint density at radius 1 is 1.53 bits per heavy atom. The minimum Gasteiger partial charge on any atom is -0.404 e. The van der Waals surface area contributed by atoms with Crippen LogP contribution in [0.25, 0.3) is 0 Å². The maximum absolute atomic E-state index is 11.0. The number of carbonyl (C=O) groups excluding carboxylic acids is 1. The Morgan fingerprint density at radius 2 is 2.47 bits per heavy atom. The Hall–Kier alpha value is -1.07. The number of thiophene rings is 1. The van der Waals surface area contributed by atoms with Crippen molar-refractivity contribution in [3.8, 4) is 5.75 Å². The average Bonchev–Trinajstić information content (AvgIpc) is 2.78. The molecule has 3 rings (SSSR count). The third-order valence-electron chi connectivity index (χ3n) is 2.89. The van der Waals surface area contributed by atoms with E-state index in [1.54, 1.807) is 11.3 Å². The minimum atomic E-state index is 0.152. The van der Waals surface area contributed by atoms with E-state index in [9.17, 15) is 4.79 Å². The van der Waals surface area contributed by atoms with Crippen LogP contribution in [0.2, 0.25) is 0 Å². The second-order valence-corrected chi connectivity index (χ2v) is 4.67. The molecule has 1 aromatic rings. The molecule has 1 N–H and O–H groups in total. The normalized spacial score (nSPS) is 25.9. The second-order valence-electron chi connectivity index (χ2n) is 3.92. The number of hydroxylamine groups is 2. The average molecular weight is 224 g/mol. The van der Waals surface area contributed by atoms with Gasteiger partial charge in [-0.15, -0.1) is 16.4 Å². The Bertz CT molecular complexity index is 360. The van der Waals surface area contributed by atoms with Crippen LogP contribution in [0.15, 0.2) is 10.8 Å². The van der Waals surface area contributed by atoms with Crippen molar-refractivity contribution >= 4 is 17.2 Å². The first-order valence-corrected chi connectivity index (χ1v) is 6.03. The van der Waals surface area contributed by atoms with Crippen LogP contribution in [0.1, 0.15) is 18.4 Å². The lowest BCUT2D eigenvalue weighted by atomic mass is 10.1. The third-order valence-corrected chi connectivity index (χ3v) is 3.66. The summed E-state index contributed by atoms with van der Waals surface area (Å²) in [5, 5.41) is 9.00. The zero-order valence-electron chi connectivity index (χ0n) is 8.23. The van der Waals surface area contributed by atoms with Gasteiger partial charge in [-0.3, -0.25) is 4.79 Å². The molecule has 0 spiro atoms. The van der Waals surface area contributed by atoms with Crippen molar-refractivity contribution < 1.29 is 9.63 Å². The number of nitrogens with zero attached hydrogens (tertiary/aromatic N) is 1. The minimum absolute atomic E-state index is 0.152. The van der Waals surface area contributed by atoms with E-state index in [1.807, 2.05) is 10.4 Å². The van der Waals surface area contributed by atoms with Crippen LogP contribution in [0, 0.1) is 0 Å². The second kappa shape index (κ2) is 3.50. The number of nitrogens with one attached hydrogen (secondary N) is 1. The van der Waals surface area contributed by atoms with E-state index in [2.05, 4.69) is 10.7 Å². The van der Waals surface area contributed by atoms with Crippen molar-refractivity contribution in [2.45, 2.75) is 25.4 Å². The molecule has 80 valence electrons. The van der Waals surface area contributed by atoms with E-state index >= 15 is 0 Å². The quantitative estimate of drug-likeness (QED) is 0.777. The number of hydrogen-bond donors (Lipinski definition) is 1. The van der Waals surface area contributed by atoms with E-state index in [-0.39, 0.29) is 5.91 Å². The number of carbonyl (C=O) groups is 1. The maximum Gasteiger partial charge on any atom is 0.220 e. The van der Waals surface area contributed by atoms with Crippen LogP contribution in [-0.4, -0.2) is 23.6 Å². The summed E-state index contributed by atoms with van der Waals surface area (Å²) in [6.07, 6.45) is 1.50. The first kappa shape index (κ1) is 9.18. The van der Waals surface area contributed by atoms with Crippen LogP contribution < -0.4 is 10.2 Å². The summed E-state index contributed by atoms with van der Waals surface area (Å²) in [6.45, 7) is 1.55. The van der Waals surface area contributed by atoms with Gasteiger partial charge in [0.05, 0.1) is 12.6 Å². The van der Waals surface area contributed by atoms with Crippen LogP contribution in [0.3, 0.4) is 0 Å². The maximum atomic E-state index is 11.0. The Balaban J connectivity index is 1.66. The molecule has 5 heteroatoms. The van der Waals surface area contributed by atoms with Crippen molar-refractivity contribution in [3.63, 3.8) is 0 Å². The summed E-state index contributed by atoms with van der Waals surface area (Å²) < 4.78 is 0. The highest BCUT2D eigenvalue weighted by molar-refractivity contribution is 7.08. The molecule has 15 heavy (non-hydrogen) atoms. The summed E-state index contributed by atoms with van der Waals surface area (Å²) in [4.78, 5) is 16.7. The summed E-state index contributed by atoms with van der Waals surface area (Å²) >= 11 is 1.67. The topological polar surface area (TPSA) is 41.6 Å². The highest BCUT2D eigenvalue weighted by atomic mass is 32.1. The molecule has 0 saturated carbocycles. The zero-order chi connectivity index (χ0) is 10.3. The van der Waals surface area contributed by atoms with Crippen LogP contribution in [-0.2, 0) is 11.3 Å². The predicted molar refractivity (Wildman–Crippen MR) is 56.5 cm³/mol. The summed E-state index contributed by atoms with van der Waals surface area (Å²) in [5.74, 6) is 1.14. The van der Waals surface area contributed by atoms with E-state index in [4.69, 9.17) is 4.84 Å². The van der Waals surface area contributed by atoms with Crippen LogP contribution in [0.4, 0.5) is 0 Å². The standard InChI is InChI=1S/C10H12N2O2S/c13-10-2-1-8(3-11-10)12-4-7-5-15-6-9(7)14-12/h5-6,8H,1-4H2,(H,11,13). The van der Waals surface area contributed by atoms with Gasteiger partial charge in [-0.2, -0.15) is 0 Å². The lowest BCUT2D eigenvalue weighted by Crippen LogP contribution is -2.47. The molecular formula is C10H12N2O2S. The number of rotatable bonds is 1. The number of piperidine rings is 1.